The summed E-state index contributed by atoms with van der Waals surface area (Å²) in [4.78, 5) is 24.2. The first-order valence-corrected chi connectivity index (χ1v) is 6.35. The van der Waals surface area contributed by atoms with Crippen LogP contribution in [0.15, 0.2) is 53.2 Å². The molecule has 2 rings (SSSR count). The van der Waals surface area contributed by atoms with Crippen LogP contribution in [0.25, 0.3) is 6.08 Å². The van der Waals surface area contributed by atoms with Gasteiger partial charge >= 0.3 is 5.97 Å². The van der Waals surface area contributed by atoms with E-state index in [1.807, 2.05) is 0 Å². The molecule has 0 spiro atoms. The number of carbonyl (C=O) groups is 2. The lowest BCUT2D eigenvalue weighted by molar-refractivity contribution is -0.125. The predicted molar refractivity (Wildman–Crippen MR) is 77.6 cm³/mol. The van der Waals surface area contributed by atoms with Crippen LogP contribution in [0.2, 0.25) is 0 Å². The van der Waals surface area contributed by atoms with Crippen molar-refractivity contribution >= 4 is 18.0 Å². The largest absolute Gasteiger partial charge is 0.478 e. The summed E-state index contributed by atoms with van der Waals surface area (Å²) in [7, 11) is 1.68. The van der Waals surface area contributed by atoms with Crippen LogP contribution >= 0.6 is 0 Å². The van der Waals surface area contributed by atoms with E-state index >= 15 is 0 Å². The van der Waals surface area contributed by atoms with E-state index in [-0.39, 0.29) is 11.5 Å². The summed E-state index contributed by atoms with van der Waals surface area (Å²) in [6.07, 6.45) is 4.58. The maximum Gasteiger partial charge on any atom is 0.335 e. The van der Waals surface area contributed by atoms with Crippen molar-refractivity contribution in [2.75, 3.05) is 7.05 Å². The van der Waals surface area contributed by atoms with E-state index < -0.39 is 5.97 Å². The van der Waals surface area contributed by atoms with Crippen molar-refractivity contribution in [2.24, 2.45) is 0 Å². The Hall–Kier alpha value is -2.82. The molecule has 0 saturated heterocycles. The Labute approximate surface area is 122 Å². The molecule has 2 aromatic rings. The van der Waals surface area contributed by atoms with Gasteiger partial charge in [0.05, 0.1) is 11.8 Å². The Morgan fingerprint density at radius 3 is 2.52 bits per heavy atom. The van der Waals surface area contributed by atoms with Gasteiger partial charge in [0.25, 0.3) is 0 Å². The molecule has 0 atom stereocenters. The Balaban J connectivity index is 1.95. The zero-order valence-electron chi connectivity index (χ0n) is 11.5. The monoisotopic (exact) mass is 285 g/mol. The number of hydrogen-bond acceptors (Lipinski definition) is 3. The summed E-state index contributed by atoms with van der Waals surface area (Å²) in [5, 5.41) is 8.82. The van der Waals surface area contributed by atoms with Gasteiger partial charge in [-0.3, -0.25) is 4.79 Å². The molecular weight excluding hydrogens is 270 g/mol. The number of benzene rings is 1. The topological polar surface area (TPSA) is 70.8 Å². The number of likely N-dealkylation sites (N-methyl/N-ethyl adjacent to an activating group) is 1. The Kier molecular flexibility index (Phi) is 4.56. The summed E-state index contributed by atoms with van der Waals surface area (Å²) in [5.41, 5.74) is 1.09. The standard InChI is InChI=1S/C16H15NO4/c1-17(15(18)9-8-14-3-2-10-21-14)11-12-4-6-13(7-5-12)16(19)20/h2-10H,11H2,1H3,(H,19,20)/b9-8+. The molecule has 1 N–H and O–H groups in total. The van der Waals surface area contributed by atoms with Crippen LogP contribution in [0.5, 0.6) is 0 Å². The SMILES string of the molecule is CN(Cc1ccc(C(=O)O)cc1)C(=O)/C=C/c1ccco1. The Morgan fingerprint density at radius 1 is 1.24 bits per heavy atom. The molecule has 0 unspecified atom stereocenters. The molecular formula is C16H15NO4. The highest BCUT2D eigenvalue weighted by Gasteiger charge is 2.07. The van der Waals surface area contributed by atoms with Gasteiger partial charge in [-0.15, -0.1) is 0 Å². The average Bonchev–Trinajstić information content (AvgIpc) is 2.98. The maximum atomic E-state index is 11.9. The normalized spacial score (nSPS) is 10.7. The van der Waals surface area contributed by atoms with Crippen LogP contribution in [0.4, 0.5) is 0 Å². The molecule has 5 nitrogen and oxygen atoms in total. The number of carboxylic acid groups (broad SMARTS) is 1. The minimum atomic E-state index is -0.965. The Morgan fingerprint density at radius 2 is 1.95 bits per heavy atom. The third-order valence-corrected chi connectivity index (χ3v) is 2.93. The van der Waals surface area contributed by atoms with Gasteiger partial charge in [0.2, 0.25) is 5.91 Å². The highest BCUT2D eigenvalue weighted by Crippen LogP contribution is 2.08. The zero-order valence-corrected chi connectivity index (χ0v) is 11.5. The van der Waals surface area contributed by atoms with Crippen LogP contribution < -0.4 is 0 Å². The Bertz CT molecular complexity index is 641. The molecule has 5 heteroatoms. The second kappa shape index (κ2) is 6.56. The van der Waals surface area contributed by atoms with Crippen molar-refractivity contribution in [2.45, 2.75) is 6.54 Å². The number of aromatic carboxylic acids is 1. The molecule has 0 aliphatic heterocycles. The summed E-state index contributed by atoms with van der Waals surface area (Å²) < 4.78 is 5.10. The minimum absolute atomic E-state index is 0.159. The first-order valence-electron chi connectivity index (χ1n) is 6.35. The molecule has 1 aromatic carbocycles. The molecule has 0 fully saturated rings. The first kappa shape index (κ1) is 14.6. The zero-order chi connectivity index (χ0) is 15.2. The number of carboxylic acids is 1. The smallest absolute Gasteiger partial charge is 0.335 e. The van der Waals surface area contributed by atoms with Gasteiger partial charge in [-0.25, -0.2) is 4.79 Å². The third kappa shape index (κ3) is 4.07. The van der Waals surface area contributed by atoms with Gasteiger partial charge in [-0.2, -0.15) is 0 Å². The van der Waals surface area contributed by atoms with E-state index in [2.05, 4.69) is 0 Å². The lowest BCUT2D eigenvalue weighted by atomic mass is 10.1. The van der Waals surface area contributed by atoms with Crippen molar-refractivity contribution in [1.29, 1.82) is 0 Å². The number of furan rings is 1. The number of rotatable bonds is 5. The number of nitrogens with zero attached hydrogens (tertiary/aromatic N) is 1. The van der Waals surface area contributed by atoms with E-state index in [9.17, 15) is 9.59 Å². The van der Waals surface area contributed by atoms with Crippen molar-refractivity contribution in [3.63, 3.8) is 0 Å². The predicted octanol–water partition coefficient (Wildman–Crippen LogP) is 2.65. The maximum absolute atomic E-state index is 11.9. The summed E-state index contributed by atoms with van der Waals surface area (Å²) >= 11 is 0. The van der Waals surface area contributed by atoms with Gasteiger partial charge in [0, 0.05) is 19.7 Å². The highest BCUT2D eigenvalue weighted by molar-refractivity contribution is 5.91. The van der Waals surface area contributed by atoms with Gasteiger partial charge in [0.15, 0.2) is 0 Å². The fourth-order valence-corrected chi connectivity index (χ4v) is 1.77. The quantitative estimate of drug-likeness (QED) is 0.857. The summed E-state index contributed by atoms with van der Waals surface area (Å²) in [6.45, 7) is 0.404. The minimum Gasteiger partial charge on any atom is -0.478 e. The second-order valence-electron chi connectivity index (χ2n) is 4.55. The lowest BCUT2D eigenvalue weighted by Gasteiger charge is -2.15. The molecule has 0 bridgehead atoms. The highest BCUT2D eigenvalue weighted by atomic mass is 16.4. The van der Waals surface area contributed by atoms with Gasteiger partial charge in [0.1, 0.15) is 5.76 Å². The van der Waals surface area contributed by atoms with Crippen molar-refractivity contribution in [3.8, 4) is 0 Å². The molecule has 0 aliphatic carbocycles. The first-order chi connectivity index (χ1) is 10.1. The lowest BCUT2D eigenvalue weighted by Crippen LogP contribution is -2.24. The molecule has 0 radical (unpaired) electrons. The van der Waals surface area contributed by atoms with Crippen LogP contribution in [0.3, 0.4) is 0 Å². The molecule has 1 aromatic heterocycles. The van der Waals surface area contributed by atoms with Crippen molar-refractivity contribution < 1.29 is 19.1 Å². The summed E-state index contributed by atoms with van der Waals surface area (Å²) in [6, 6.07) is 9.95. The van der Waals surface area contributed by atoms with Crippen molar-refractivity contribution in [1.82, 2.24) is 4.90 Å². The number of carbonyl (C=O) groups excluding carboxylic acids is 1. The van der Waals surface area contributed by atoms with Crippen LogP contribution in [0, 0.1) is 0 Å². The fourth-order valence-electron chi connectivity index (χ4n) is 1.77. The molecule has 1 heterocycles. The average molecular weight is 285 g/mol. The van der Waals surface area contributed by atoms with E-state index in [4.69, 9.17) is 9.52 Å². The molecule has 21 heavy (non-hydrogen) atoms. The number of amides is 1. The van der Waals surface area contributed by atoms with Crippen LogP contribution in [0.1, 0.15) is 21.7 Å². The molecule has 108 valence electrons. The molecule has 0 saturated carbocycles. The summed E-state index contributed by atoms with van der Waals surface area (Å²) in [5.74, 6) is -0.511. The fraction of sp³-hybridized carbons (Fsp3) is 0.125. The van der Waals surface area contributed by atoms with Gasteiger partial charge < -0.3 is 14.4 Å². The van der Waals surface area contributed by atoms with Crippen LogP contribution in [-0.4, -0.2) is 28.9 Å². The van der Waals surface area contributed by atoms with Crippen LogP contribution in [-0.2, 0) is 11.3 Å². The number of hydrogen-bond donors (Lipinski definition) is 1. The van der Waals surface area contributed by atoms with E-state index in [1.54, 1.807) is 37.4 Å². The van der Waals surface area contributed by atoms with Crippen molar-refractivity contribution in [3.05, 3.63) is 65.6 Å². The second-order valence-corrected chi connectivity index (χ2v) is 4.55. The van der Waals surface area contributed by atoms with E-state index in [0.29, 0.717) is 12.3 Å². The molecule has 0 aliphatic rings. The third-order valence-electron chi connectivity index (χ3n) is 2.93. The molecule has 1 amide bonds. The van der Waals surface area contributed by atoms with E-state index in [1.165, 1.54) is 29.4 Å². The van der Waals surface area contributed by atoms with E-state index in [0.717, 1.165) is 5.56 Å². The van der Waals surface area contributed by atoms with Gasteiger partial charge in [-0.05, 0) is 35.9 Å². The van der Waals surface area contributed by atoms with Gasteiger partial charge in [-0.1, -0.05) is 12.1 Å².